The molecule has 24 heavy (non-hydrogen) atoms. The number of halogens is 1. The van der Waals surface area contributed by atoms with Crippen molar-refractivity contribution in [1.29, 1.82) is 0 Å². The lowest BCUT2D eigenvalue weighted by Gasteiger charge is -2.32. The summed E-state index contributed by atoms with van der Waals surface area (Å²) in [6.07, 6.45) is 3.45. The Bertz CT molecular complexity index is 557. The molecule has 1 fully saturated rings. The summed E-state index contributed by atoms with van der Waals surface area (Å²) >= 11 is 0. The first kappa shape index (κ1) is 19.1. The van der Waals surface area contributed by atoms with E-state index < -0.39 is 0 Å². The summed E-state index contributed by atoms with van der Waals surface area (Å²) in [6.45, 7) is 6.68. The number of rotatable bonds is 3. The van der Waals surface area contributed by atoms with Gasteiger partial charge in [0.2, 0.25) is 0 Å². The lowest BCUT2D eigenvalue weighted by molar-refractivity contribution is 0.171. The lowest BCUT2D eigenvalue weighted by atomic mass is 9.99. The van der Waals surface area contributed by atoms with Crippen LogP contribution < -0.4 is 14.8 Å². The molecule has 0 saturated carbocycles. The minimum Gasteiger partial charge on any atom is -0.486 e. The standard InChI is InChI=1S/C18H27N3O2.HI/c1-14-6-9-21(10-7-14)18(19-2)20-8-5-15-3-4-16-17(13-15)23-12-11-22-16;/h3-4,13-14H,5-12H2,1-2H3,(H,19,20);1H. The topological polar surface area (TPSA) is 46.1 Å². The van der Waals surface area contributed by atoms with Gasteiger partial charge < -0.3 is 19.7 Å². The molecule has 134 valence electrons. The molecule has 0 atom stereocenters. The summed E-state index contributed by atoms with van der Waals surface area (Å²) in [6, 6.07) is 6.20. The molecule has 5 nitrogen and oxygen atoms in total. The Morgan fingerprint density at radius 1 is 1.21 bits per heavy atom. The van der Waals surface area contributed by atoms with Gasteiger partial charge in [-0.1, -0.05) is 13.0 Å². The highest BCUT2D eigenvalue weighted by Gasteiger charge is 2.18. The number of aliphatic imine (C=N–C) groups is 1. The van der Waals surface area contributed by atoms with Crippen LogP contribution in [0.15, 0.2) is 23.2 Å². The van der Waals surface area contributed by atoms with Crippen LogP contribution in [0.3, 0.4) is 0 Å². The minimum absolute atomic E-state index is 0. The van der Waals surface area contributed by atoms with Gasteiger partial charge in [0.1, 0.15) is 13.2 Å². The van der Waals surface area contributed by atoms with Crippen molar-refractivity contribution < 1.29 is 9.47 Å². The van der Waals surface area contributed by atoms with Crippen LogP contribution >= 0.6 is 24.0 Å². The first-order valence-corrected chi connectivity index (χ1v) is 8.60. The Hall–Kier alpha value is -1.18. The molecular formula is C18H28IN3O2. The largest absolute Gasteiger partial charge is 0.486 e. The van der Waals surface area contributed by atoms with Crippen LogP contribution in [0.25, 0.3) is 0 Å². The van der Waals surface area contributed by atoms with Crippen molar-refractivity contribution in [1.82, 2.24) is 10.2 Å². The smallest absolute Gasteiger partial charge is 0.193 e. The number of piperidine rings is 1. The summed E-state index contributed by atoms with van der Waals surface area (Å²) < 4.78 is 11.2. The lowest BCUT2D eigenvalue weighted by Crippen LogP contribution is -2.45. The fourth-order valence-electron chi connectivity index (χ4n) is 3.11. The van der Waals surface area contributed by atoms with Crippen molar-refractivity contribution >= 4 is 29.9 Å². The normalized spacial score (nSPS) is 18.1. The maximum Gasteiger partial charge on any atom is 0.193 e. The number of likely N-dealkylation sites (tertiary alicyclic amines) is 1. The van der Waals surface area contributed by atoms with Crippen molar-refractivity contribution in [3.05, 3.63) is 23.8 Å². The number of guanidine groups is 1. The molecule has 2 aliphatic heterocycles. The van der Waals surface area contributed by atoms with Crippen LogP contribution in [0.1, 0.15) is 25.3 Å². The number of hydrogen-bond acceptors (Lipinski definition) is 3. The molecule has 0 aromatic heterocycles. The van der Waals surface area contributed by atoms with Gasteiger partial charge in [-0.25, -0.2) is 0 Å². The minimum atomic E-state index is 0. The zero-order chi connectivity index (χ0) is 16.1. The van der Waals surface area contributed by atoms with Gasteiger partial charge in [0, 0.05) is 26.7 Å². The van der Waals surface area contributed by atoms with Gasteiger partial charge in [0.25, 0.3) is 0 Å². The number of hydrogen-bond donors (Lipinski definition) is 1. The molecule has 2 heterocycles. The molecule has 1 aromatic carbocycles. The van der Waals surface area contributed by atoms with Crippen LogP contribution in [0.4, 0.5) is 0 Å². The van der Waals surface area contributed by atoms with E-state index in [1.165, 1.54) is 18.4 Å². The average Bonchev–Trinajstić information content (AvgIpc) is 2.60. The SMILES string of the molecule is CN=C(NCCc1ccc2c(c1)OCCO2)N1CCC(C)CC1.I. The fraction of sp³-hybridized carbons (Fsp3) is 0.611. The van der Waals surface area contributed by atoms with E-state index in [4.69, 9.17) is 9.47 Å². The van der Waals surface area contributed by atoms with Gasteiger partial charge in [-0.3, -0.25) is 4.99 Å². The molecule has 3 rings (SSSR count). The molecule has 1 saturated heterocycles. The average molecular weight is 445 g/mol. The molecule has 0 bridgehead atoms. The van der Waals surface area contributed by atoms with E-state index in [1.807, 2.05) is 13.1 Å². The molecule has 0 spiro atoms. The van der Waals surface area contributed by atoms with Gasteiger partial charge in [0.05, 0.1) is 0 Å². The molecular weight excluding hydrogens is 417 g/mol. The van der Waals surface area contributed by atoms with E-state index in [1.54, 1.807) is 0 Å². The van der Waals surface area contributed by atoms with Crippen LogP contribution in [-0.4, -0.2) is 50.8 Å². The first-order chi connectivity index (χ1) is 11.3. The summed E-state index contributed by atoms with van der Waals surface area (Å²) in [4.78, 5) is 6.79. The van der Waals surface area contributed by atoms with Crippen LogP contribution in [0, 0.1) is 5.92 Å². The Balaban J connectivity index is 0.00000208. The van der Waals surface area contributed by atoms with Gasteiger partial charge in [-0.05, 0) is 42.9 Å². The quantitative estimate of drug-likeness (QED) is 0.442. The third-order valence-electron chi connectivity index (χ3n) is 4.60. The van der Waals surface area contributed by atoms with Crippen molar-refractivity contribution in [3.63, 3.8) is 0 Å². The molecule has 0 unspecified atom stereocenters. The Morgan fingerprint density at radius 3 is 2.62 bits per heavy atom. The van der Waals surface area contributed by atoms with Crippen molar-refractivity contribution in [3.8, 4) is 11.5 Å². The van der Waals surface area contributed by atoms with Gasteiger partial charge >= 0.3 is 0 Å². The van der Waals surface area contributed by atoms with Crippen molar-refractivity contribution in [2.45, 2.75) is 26.2 Å². The van der Waals surface area contributed by atoms with Crippen molar-refractivity contribution in [2.75, 3.05) is 39.9 Å². The summed E-state index contributed by atoms with van der Waals surface area (Å²) in [7, 11) is 1.87. The third kappa shape index (κ3) is 4.91. The van der Waals surface area contributed by atoms with E-state index in [0.717, 1.165) is 49.4 Å². The highest BCUT2D eigenvalue weighted by Crippen LogP contribution is 2.30. The number of ether oxygens (including phenoxy) is 2. The number of benzene rings is 1. The predicted octanol–water partition coefficient (Wildman–Crippen LogP) is 2.93. The molecule has 6 heteroatoms. The fourth-order valence-corrected chi connectivity index (χ4v) is 3.11. The van der Waals surface area contributed by atoms with Crippen LogP contribution in [0.5, 0.6) is 11.5 Å². The van der Waals surface area contributed by atoms with Gasteiger partial charge in [0.15, 0.2) is 17.5 Å². The van der Waals surface area contributed by atoms with Gasteiger partial charge in [-0.15, -0.1) is 24.0 Å². The zero-order valence-electron chi connectivity index (χ0n) is 14.6. The molecule has 0 aliphatic carbocycles. The molecule has 0 radical (unpaired) electrons. The van der Waals surface area contributed by atoms with E-state index in [9.17, 15) is 0 Å². The Morgan fingerprint density at radius 2 is 1.92 bits per heavy atom. The highest BCUT2D eigenvalue weighted by atomic mass is 127. The number of fused-ring (bicyclic) bond motifs is 1. The molecule has 2 aliphatic rings. The Kier molecular flexibility index (Phi) is 7.45. The Labute approximate surface area is 161 Å². The van der Waals surface area contributed by atoms with E-state index >= 15 is 0 Å². The first-order valence-electron chi connectivity index (χ1n) is 8.60. The number of nitrogens with zero attached hydrogens (tertiary/aromatic N) is 2. The van der Waals surface area contributed by atoms with Crippen LogP contribution in [-0.2, 0) is 6.42 Å². The molecule has 1 aromatic rings. The zero-order valence-corrected chi connectivity index (χ0v) is 16.9. The maximum absolute atomic E-state index is 5.64. The second-order valence-electron chi connectivity index (χ2n) is 6.37. The maximum atomic E-state index is 5.64. The second kappa shape index (κ2) is 9.34. The highest BCUT2D eigenvalue weighted by molar-refractivity contribution is 14.0. The van der Waals surface area contributed by atoms with E-state index in [0.29, 0.717) is 13.2 Å². The summed E-state index contributed by atoms with van der Waals surface area (Å²) in [5, 5.41) is 3.49. The van der Waals surface area contributed by atoms with E-state index in [2.05, 4.69) is 34.3 Å². The summed E-state index contributed by atoms with van der Waals surface area (Å²) in [5.41, 5.74) is 1.25. The molecule has 1 N–H and O–H groups in total. The third-order valence-corrected chi connectivity index (χ3v) is 4.60. The monoisotopic (exact) mass is 445 g/mol. The number of nitrogens with one attached hydrogen (secondary N) is 1. The predicted molar refractivity (Wildman–Crippen MR) is 108 cm³/mol. The van der Waals surface area contributed by atoms with E-state index in [-0.39, 0.29) is 24.0 Å². The molecule has 0 amide bonds. The van der Waals surface area contributed by atoms with Crippen molar-refractivity contribution in [2.24, 2.45) is 10.9 Å². The summed E-state index contributed by atoms with van der Waals surface area (Å²) in [5.74, 6) is 3.57. The van der Waals surface area contributed by atoms with Gasteiger partial charge in [-0.2, -0.15) is 0 Å². The second-order valence-corrected chi connectivity index (χ2v) is 6.37. The van der Waals surface area contributed by atoms with Crippen LogP contribution in [0.2, 0.25) is 0 Å².